The molecule has 27 heavy (non-hydrogen) atoms. The fourth-order valence-electron chi connectivity index (χ4n) is 2.82. The van der Waals surface area contributed by atoms with E-state index in [4.69, 9.17) is 5.26 Å². The van der Waals surface area contributed by atoms with Crippen LogP contribution in [0.3, 0.4) is 0 Å². The van der Waals surface area contributed by atoms with E-state index in [0.717, 1.165) is 17.0 Å². The summed E-state index contributed by atoms with van der Waals surface area (Å²) in [4.78, 5) is 23.3. The summed E-state index contributed by atoms with van der Waals surface area (Å²) in [6.45, 7) is 5.61. The summed E-state index contributed by atoms with van der Waals surface area (Å²) >= 11 is 0. The first kappa shape index (κ1) is 20.1. The second-order valence-corrected chi connectivity index (χ2v) is 6.20. The van der Waals surface area contributed by atoms with Crippen molar-refractivity contribution >= 4 is 23.2 Å². The summed E-state index contributed by atoms with van der Waals surface area (Å²) < 4.78 is 15.4. The zero-order chi connectivity index (χ0) is 20.0. The summed E-state index contributed by atoms with van der Waals surface area (Å²) in [5.41, 5.74) is 3.20. The number of nitriles is 1. The summed E-state index contributed by atoms with van der Waals surface area (Å²) in [7, 11) is 0. The van der Waals surface area contributed by atoms with Crippen molar-refractivity contribution in [3.63, 3.8) is 0 Å². The molecule has 0 unspecified atom stereocenters. The van der Waals surface area contributed by atoms with Crippen LogP contribution in [0.25, 0.3) is 0 Å². The van der Waals surface area contributed by atoms with Crippen molar-refractivity contribution in [2.24, 2.45) is 0 Å². The predicted octanol–water partition coefficient (Wildman–Crippen LogP) is 3.08. The maximum Gasteiger partial charge on any atom is 0.224 e. The molecule has 0 aliphatic rings. The van der Waals surface area contributed by atoms with Gasteiger partial charge in [-0.25, -0.2) is 4.39 Å². The molecule has 0 saturated carbocycles. The lowest BCUT2D eigenvalue weighted by molar-refractivity contribution is -0.116. The van der Waals surface area contributed by atoms with Gasteiger partial charge < -0.3 is 10.6 Å². The Bertz CT molecular complexity index is 898. The highest BCUT2D eigenvalue weighted by molar-refractivity contribution is 5.93. The Morgan fingerprint density at radius 2 is 2.04 bits per heavy atom. The summed E-state index contributed by atoms with van der Waals surface area (Å²) in [5, 5.41) is 18.2. The van der Waals surface area contributed by atoms with Crippen LogP contribution in [0, 0.1) is 31.0 Å². The molecule has 0 saturated heterocycles. The van der Waals surface area contributed by atoms with E-state index in [0.29, 0.717) is 25.1 Å². The SMILES string of the molecule is CC(=O)Nc1cc(NC(=O)CCc2c(C)nn(CCC#N)c2C)ccc1F. The molecular weight excluding hydrogens is 349 g/mol. The van der Waals surface area contributed by atoms with Gasteiger partial charge in [0.15, 0.2) is 0 Å². The largest absolute Gasteiger partial charge is 0.326 e. The van der Waals surface area contributed by atoms with E-state index in [-0.39, 0.29) is 18.0 Å². The van der Waals surface area contributed by atoms with E-state index in [9.17, 15) is 14.0 Å². The zero-order valence-electron chi connectivity index (χ0n) is 15.6. The topological polar surface area (TPSA) is 99.8 Å². The predicted molar refractivity (Wildman–Crippen MR) is 99.6 cm³/mol. The Morgan fingerprint density at radius 1 is 1.30 bits per heavy atom. The average molecular weight is 371 g/mol. The van der Waals surface area contributed by atoms with Crippen LogP contribution in [0.4, 0.5) is 15.8 Å². The number of nitrogens with zero attached hydrogens (tertiary/aromatic N) is 3. The van der Waals surface area contributed by atoms with Gasteiger partial charge in [-0.3, -0.25) is 14.3 Å². The molecule has 2 aromatic rings. The minimum absolute atomic E-state index is 0.0192. The van der Waals surface area contributed by atoms with Crippen LogP contribution in [-0.4, -0.2) is 21.6 Å². The Balaban J connectivity index is 2.00. The van der Waals surface area contributed by atoms with E-state index in [1.165, 1.54) is 25.1 Å². The number of benzene rings is 1. The van der Waals surface area contributed by atoms with Crippen LogP contribution >= 0.6 is 0 Å². The zero-order valence-corrected chi connectivity index (χ0v) is 15.6. The van der Waals surface area contributed by atoms with Crippen molar-refractivity contribution in [1.29, 1.82) is 5.26 Å². The highest BCUT2D eigenvalue weighted by Crippen LogP contribution is 2.20. The molecule has 0 atom stereocenters. The molecule has 0 spiro atoms. The number of carbonyl (C=O) groups is 2. The van der Waals surface area contributed by atoms with Crippen LogP contribution in [0.15, 0.2) is 18.2 Å². The summed E-state index contributed by atoms with van der Waals surface area (Å²) in [6.07, 6.45) is 1.12. The fourth-order valence-corrected chi connectivity index (χ4v) is 2.82. The van der Waals surface area contributed by atoms with Gasteiger partial charge >= 0.3 is 0 Å². The number of carbonyl (C=O) groups excluding carboxylic acids is 2. The van der Waals surface area contributed by atoms with Gasteiger partial charge in [0.25, 0.3) is 0 Å². The minimum atomic E-state index is -0.570. The molecule has 0 aliphatic heterocycles. The first-order chi connectivity index (χ1) is 12.8. The first-order valence-corrected chi connectivity index (χ1v) is 8.58. The van der Waals surface area contributed by atoms with Crippen molar-refractivity contribution in [1.82, 2.24) is 9.78 Å². The molecule has 0 aliphatic carbocycles. The number of aromatic nitrogens is 2. The normalized spacial score (nSPS) is 10.3. The number of hydrogen-bond donors (Lipinski definition) is 2. The van der Waals surface area contributed by atoms with Gasteiger partial charge in [0.1, 0.15) is 5.82 Å². The van der Waals surface area contributed by atoms with Gasteiger partial charge in [-0.15, -0.1) is 0 Å². The third-order valence-electron chi connectivity index (χ3n) is 4.13. The quantitative estimate of drug-likeness (QED) is 0.781. The maximum absolute atomic E-state index is 13.7. The van der Waals surface area contributed by atoms with Crippen molar-refractivity contribution < 1.29 is 14.0 Å². The molecule has 8 heteroatoms. The van der Waals surface area contributed by atoms with Crippen LogP contribution < -0.4 is 10.6 Å². The van der Waals surface area contributed by atoms with Crippen molar-refractivity contribution in [3.05, 3.63) is 41.0 Å². The molecule has 0 bridgehead atoms. The van der Waals surface area contributed by atoms with Gasteiger partial charge in [-0.05, 0) is 44.0 Å². The third kappa shape index (κ3) is 5.38. The Hall–Kier alpha value is -3.21. The second kappa shape index (κ2) is 8.94. The molecule has 0 radical (unpaired) electrons. The summed E-state index contributed by atoms with van der Waals surface area (Å²) in [5.74, 6) is -1.19. The molecule has 142 valence electrons. The molecule has 1 heterocycles. The number of amides is 2. The van der Waals surface area contributed by atoms with Gasteiger partial charge in [0.05, 0.1) is 30.4 Å². The Labute approximate surface area is 157 Å². The van der Waals surface area contributed by atoms with Gasteiger partial charge in [-0.1, -0.05) is 0 Å². The maximum atomic E-state index is 13.7. The van der Waals surface area contributed by atoms with Crippen molar-refractivity contribution in [2.75, 3.05) is 10.6 Å². The van der Waals surface area contributed by atoms with E-state index in [1.807, 2.05) is 13.8 Å². The third-order valence-corrected chi connectivity index (χ3v) is 4.13. The lowest BCUT2D eigenvalue weighted by atomic mass is 10.1. The monoisotopic (exact) mass is 371 g/mol. The standard InChI is InChI=1S/C19H22FN5O2/c1-12-16(13(2)25(24-12)10-4-9-21)6-8-19(27)23-15-5-7-17(20)18(11-15)22-14(3)26/h5,7,11H,4,6,8,10H2,1-3H3,(H,22,26)(H,23,27). The highest BCUT2D eigenvalue weighted by Gasteiger charge is 2.14. The number of halogens is 1. The Kier molecular flexibility index (Phi) is 6.66. The minimum Gasteiger partial charge on any atom is -0.326 e. The van der Waals surface area contributed by atoms with E-state index in [1.54, 1.807) is 4.68 Å². The molecule has 1 aromatic carbocycles. The Morgan fingerprint density at radius 3 is 2.70 bits per heavy atom. The van der Waals surface area contributed by atoms with Crippen molar-refractivity contribution in [3.8, 4) is 6.07 Å². The first-order valence-electron chi connectivity index (χ1n) is 8.58. The van der Waals surface area contributed by atoms with Crippen molar-refractivity contribution in [2.45, 2.75) is 46.6 Å². The number of aryl methyl sites for hydroxylation is 2. The van der Waals surface area contributed by atoms with Crippen LogP contribution in [0.1, 0.15) is 36.7 Å². The lowest BCUT2D eigenvalue weighted by Gasteiger charge is -2.09. The van der Waals surface area contributed by atoms with Gasteiger partial charge in [0.2, 0.25) is 11.8 Å². The van der Waals surface area contributed by atoms with Crippen LogP contribution in [0.2, 0.25) is 0 Å². The van der Waals surface area contributed by atoms with E-state index in [2.05, 4.69) is 21.8 Å². The summed E-state index contributed by atoms with van der Waals surface area (Å²) in [6, 6.07) is 6.10. The molecular formula is C19H22FN5O2. The van der Waals surface area contributed by atoms with Gasteiger partial charge in [-0.2, -0.15) is 10.4 Å². The van der Waals surface area contributed by atoms with Crippen LogP contribution in [0.5, 0.6) is 0 Å². The molecule has 0 fully saturated rings. The van der Waals surface area contributed by atoms with Crippen LogP contribution in [-0.2, 0) is 22.6 Å². The molecule has 7 nitrogen and oxygen atoms in total. The highest BCUT2D eigenvalue weighted by atomic mass is 19.1. The average Bonchev–Trinajstić information content (AvgIpc) is 2.87. The second-order valence-electron chi connectivity index (χ2n) is 6.20. The number of hydrogen-bond acceptors (Lipinski definition) is 4. The van der Waals surface area contributed by atoms with E-state index >= 15 is 0 Å². The molecule has 2 rings (SSSR count). The lowest BCUT2D eigenvalue weighted by Crippen LogP contribution is -2.14. The molecule has 2 amide bonds. The fraction of sp³-hybridized carbons (Fsp3) is 0.368. The molecule has 1 aromatic heterocycles. The number of rotatable bonds is 7. The molecule has 2 N–H and O–H groups in total. The number of nitrogens with one attached hydrogen (secondary N) is 2. The van der Waals surface area contributed by atoms with Gasteiger partial charge in [0, 0.05) is 24.7 Å². The number of anilines is 2. The smallest absolute Gasteiger partial charge is 0.224 e. The van der Waals surface area contributed by atoms with E-state index < -0.39 is 11.7 Å².